The molecule has 5 heteroatoms. The van der Waals surface area contributed by atoms with Gasteiger partial charge in [-0.2, -0.15) is 0 Å². The quantitative estimate of drug-likeness (QED) is 0.393. The van der Waals surface area contributed by atoms with Gasteiger partial charge in [-0.1, -0.05) is 26.1 Å². The van der Waals surface area contributed by atoms with Gasteiger partial charge in [-0.25, -0.2) is 0 Å². The summed E-state index contributed by atoms with van der Waals surface area (Å²) < 4.78 is 12.2. The van der Waals surface area contributed by atoms with E-state index in [-0.39, 0.29) is 0 Å². The van der Waals surface area contributed by atoms with Gasteiger partial charge in [0.2, 0.25) is 0 Å². The lowest BCUT2D eigenvalue weighted by atomic mass is 10.1. The average molecular weight is 335 g/mol. The lowest BCUT2D eigenvalue weighted by Gasteiger charge is -2.42. The third-order valence-electron chi connectivity index (χ3n) is 4.04. The molecule has 1 spiro atoms. The molecular weight excluding hydrogens is 304 g/mol. The zero-order chi connectivity index (χ0) is 14.5. The highest BCUT2D eigenvalue weighted by Gasteiger charge is 2.39. The van der Waals surface area contributed by atoms with Crippen LogP contribution in [0.2, 0.25) is 25.7 Å². The van der Waals surface area contributed by atoms with Crippen molar-refractivity contribution in [3.63, 3.8) is 0 Å². The first-order valence-electron chi connectivity index (χ1n) is 7.96. The molecule has 118 valence electrons. The molecule has 20 heavy (non-hydrogen) atoms. The molecule has 2 fully saturated rings. The average Bonchev–Trinajstić information content (AvgIpc) is 2.38. The number of hydrogen-bond donors (Lipinski definition) is 0. The van der Waals surface area contributed by atoms with E-state index >= 15 is 0 Å². The summed E-state index contributed by atoms with van der Waals surface area (Å²) in [6, 6.07) is 1.23. The second-order valence-electron chi connectivity index (χ2n) is 7.18. The van der Waals surface area contributed by atoms with E-state index < -0.39 is 8.07 Å². The smallest absolute Gasteiger partial charge is 0.147 e. The van der Waals surface area contributed by atoms with E-state index in [9.17, 15) is 0 Å². The molecule has 2 atom stereocenters. The maximum atomic E-state index is 5.99. The minimum Gasteiger partial charge on any atom is -0.356 e. The van der Waals surface area contributed by atoms with Gasteiger partial charge in [0.1, 0.15) is 6.79 Å². The van der Waals surface area contributed by atoms with E-state index in [1.165, 1.54) is 49.7 Å². The number of ether oxygens (including phenoxy) is 2. The number of rotatable bonds is 6. The predicted molar refractivity (Wildman–Crippen MR) is 94.6 cm³/mol. The lowest BCUT2D eigenvalue weighted by molar-refractivity contribution is -0.0905. The van der Waals surface area contributed by atoms with Gasteiger partial charge in [0, 0.05) is 14.7 Å². The Hall–Kier alpha value is 0.837. The van der Waals surface area contributed by atoms with Gasteiger partial charge in [-0.05, 0) is 43.2 Å². The number of hydrogen-bond acceptors (Lipinski definition) is 4. The molecule has 2 nitrogen and oxygen atoms in total. The first-order valence-corrected chi connectivity index (χ1v) is 13.6. The Morgan fingerprint density at radius 1 is 1.15 bits per heavy atom. The summed E-state index contributed by atoms with van der Waals surface area (Å²) >= 11 is 4.37. The standard InChI is InChI=1S/C15H30O2S2Si/c1-20(2,3)11-8-16-13-17-14-6-10-19-15(12-14)7-4-5-9-18-15/h14H,4-13H2,1-3H3. The van der Waals surface area contributed by atoms with E-state index in [2.05, 4.69) is 43.2 Å². The van der Waals surface area contributed by atoms with Gasteiger partial charge in [-0.15, -0.1) is 23.5 Å². The van der Waals surface area contributed by atoms with E-state index in [4.69, 9.17) is 9.47 Å². The highest BCUT2D eigenvalue weighted by atomic mass is 32.2. The van der Waals surface area contributed by atoms with Crippen molar-refractivity contribution in [2.45, 2.75) is 68.0 Å². The van der Waals surface area contributed by atoms with Crippen molar-refractivity contribution in [1.29, 1.82) is 0 Å². The molecule has 2 aliphatic heterocycles. The van der Waals surface area contributed by atoms with E-state index in [0.717, 1.165) is 6.61 Å². The van der Waals surface area contributed by atoms with E-state index in [0.29, 0.717) is 17.0 Å². The molecule has 2 heterocycles. The monoisotopic (exact) mass is 334 g/mol. The fourth-order valence-electron chi connectivity index (χ4n) is 2.71. The zero-order valence-corrected chi connectivity index (χ0v) is 15.9. The largest absolute Gasteiger partial charge is 0.356 e. The lowest BCUT2D eigenvalue weighted by Crippen LogP contribution is -2.36. The summed E-state index contributed by atoms with van der Waals surface area (Å²) in [5.74, 6) is 2.60. The van der Waals surface area contributed by atoms with Crippen molar-refractivity contribution in [3.8, 4) is 0 Å². The molecule has 0 bridgehead atoms. The maximum absolute atomic E-state index is 5.99. The Morgan fingerprint density at radius 3 is 2.65 bits per heavy atom. The van der Waals surface area contributed by atoms with Crippen molar-refractivity contribution < 1.29 is 9.47 Å². The van der Waals surface area contributed by atoms with Crippen molar-refractivity contribution >= 4 is 31.6 Å². The summed E-state index contributed by atoms with van der Waals surface area (Å²) in [5, 5.41) is 0. The second kappa shape index (κ2) is 7.91. The minimum atomic E-state index is -0.966. The summed E-state index contributed by atoms with van der Waals surface area (Å²) in [7, 11) is -0.966. The Morgan fingerprint density at radius 2 is 1.95 bits per heavy atom. The molecule has 2 aliphatic rings. The Balaban J connectivity index is 1.63. The molecular formula is C15H30O2S2Si. The summed E-state index contributed by atoms with van der Waals surface area (Å²) in [6.45, 7) is 8.54. The van der Waals surface area contributed by atoms with Crippen LogP contribution in [0.5, 0.6) is 0 Å². The van der Waals surface area contributed by atoms with Gasteiger partial charge in [0.25, 0.3) is 0 Å². The molecule has 2 saturated heterocycles. The molecule has 0 aromatic carbocycles. The zero-order valence-electron chi connectivity index (χ0n) is 13.3. The Bertz CT molecular complexity index is 283. The molecule has 0 aromatic rings. The van der Waals surface area contributed by atoms with Gasteiger partial charge in [0.05, 0.1) is 10.2 Å². The minimum absolute atomic E-state index is 0.425. The van der Waals surface area contributed by atoms with Crippen molar-refractivity contribution in [2.24, 2.45) is 0 Å². The van der Waals surface area contributed by atoms with Gasteiger partial charge in [0.15, 0.2) is 0 Å². The highest BCUT2D eigenvalue weighted by molar-refractivity contribution is 8.18. The second-order valence-corrected chi connectivity index (χ2v) is 16.0. The fraction of sp³-hybridized carbons (Fsp3) is 1.00. The Kier molecular flexibility index (Phi) is 6.80. The molecule has 0 radical (unpaired) electrons. The molecule has 0 amide bonds. The van der Waals surface area contributed by atoms with Crippen molar-refractivity contribution in [2.75, 3.05) is 24.9 Å². The maximum Gasteiger partial charge on any atom is 0.147 e. The predicted octanol–water partition coefficient (Wildman–Crippen LogP) is 4.82. The molecule has 2 rings (SSSR count). The van der Waals surface area contributed by atoms with Crippen LogP contribution >= 0.6 is 23.5 Å². The van der Waals surface area contributed by atoms with Crippen LogP contribution in [0.4, 0.5) is 0 Å². The van der Waals surface area contributed by atoms with Gasteiger partial charge < -0.3 is 9.47 Å². The van der Waals surface area contributed by atoms with Crippen LogP contribution in [0.3, 0.4) is 0 Å². The third-order valence-corrected chi connectivity index (χ3v) is 9.18. The normalized spacial score (nSPS) is 31.6. The van der Waals surface area contributed by atoms with E-state index in [1.807, 2.05) is 0 Å². The molecule has 0 N–H and O–H groups in total. The summed E-state index contributed by atoms with van der Waals surface area (Å²) in [6.07, 6.45) is 7.02. The van der Waals surface area contributed by atoms with Crippen molar-refractivity contribution in [1.82, 2.24) is 0 Å². The van der Waals surface area contributed by atoms with Gasteiger partial charge >= 0.3 is 0 Å². The van der Waals surface area contributed by atoms with Crippen LogP contribution in [-0.4, -0.2) is 43.2 Å². The molecule has 0 saturated carbocycles. The van der Waals surface area contributed by atoms with Crippen LogP contribution < -0.4 is 0 Å². The van der Waals surface area contributed by atoms with Crippen molar-refractivity contribution in [3.05, 3.63) is 0 Å². The first-order chi connectivity index (χ1) is 9.49. The topological polar surface area (TPSA) is 18.5 Å². The SMILES string of the molecule is C[Si](C)(C)CCOCOC1CCSC2(CCCCS2)C1. The third kappa shape index (κ3) is 5.91. The van der Waals surface area contributed by atoms with Crippen LogP contribution in [0, 0.1) is 0 Å². The fourth-order valence-corrected chi connectivity index (χ4v) is 6.96. The summed E-state index contributed by atoms with van der Waals surface area (Å²) in [5.41, 5.74) is 0. The van der Waals surface area contributed by atoms with Crippen LogP contribution in [0.25, 0.3) is 0 Å². The van der Waals surface area contributed by atoms with Crippen LogP contribution in [0.15, 0.2) is 0 Å². The molecule has 0 aliphatic carbocycles. The van der Waals surface area contributed by atoms with E-state index in [1.54, 1.807) is 0 Å². The van der Waals surface area contributed by atoms with Crippen LogP contribution in [-0.2, 0) is 9.47 Å². The highest BCUT2D eigenvalue weighted by Crippen LogP contribution is 2.51. The Labute approximate surface area is 134 Å². The number of thioether (sulfide) groups is 2. The van der Waals surface area contributed by atoms with Gasteiger partial charge in [-0.3, -0.25) is 0 Å². The molecule has 2 unspecified atom stereocenters. The van der Waals surface area contributed by atoms with Crippen LogP contribution in [0.1, 0.15) is 32.1 Å². The molecule has 0 aromatic heterocycles. The summed E-state index contributed by atoms with van der Waals surface area (Å²) in [4.78, 5) is 0. The first kappa shape index (κ1) is 17.2.